The van der Waals surface area contributed by atoms with Gasteiger partial charge in [0.05, 0.1) is 13.2 Å². The van der Waals surface area contributed by atoms with Crippen molar-refractivity contribution in [2.75, 3.05) is 26.7 Å². The number of imide groups is 1. The summed E-state index contributed by atoms with van der Waals surface area (Å²) in [6, 6.07) is 5.32. The number of nitrogens with zero attached hydrogens (tertiary/aromatic N) is 3. The summed E-state index contributed by atoms with van der Waals surface area (Å²) in [5, 5.41) is 2.43. The Morgan fingerprint density at radius 2 is 1.94 bits per heavy atom. The molecule has 164 valence electrons. The molecule has 2 bridgehead atoms. The third kappa shape index (κ3) is 3.41. The molecular weight excluding hydrogens is 400 g/mol. The van der Waals surface area contributed by atoms with E-state index in [1.165, 1.54) is 0 Å². The summed E-state index contributed by atoms with van der Waals surface area (Å²) >= 11 is 0. The second-order valence-corrected chi connectivity index (χ2v) is 8.79. The van der Waals surface area contributed by atoms with Crippen molar-refractivity contribution >= 4 is 23.8 Å². The molecule has 1 aromatic carbocycles. The molecule has 31 heavy (non-hydrogen) atoms. The van der Waals surface area contributed by atoms with Crippen molar-refractivity contribution in [2.24, 2.45) is 0 Å². The summed E-state index contributed by atoms with van der Waals surface area (Å²) in [6.07, 6.45) is 4.10. The zero-order valence-corrected chi connectivity index (χ0v) is 17.5. The fourth-order valence-corrected chi connectivity index (χ4v) is 5.33. The molecule has 0 radical (unpaired) electrons. The molecule has 4 heterocycles. The minimum Gasteiger partial charge on any atom is -0.493 e. The second kappa shape index (κ2) is 7.55. The van der Waals surface area contributed by atoms with Gasteiger partial charge in [-0.2, -0.15) is 0 Å². The maximum absolute atomic E-state index is 13.3. The topological polar surface area (TPSA) is 99.3 Å². The Hall–Kier alpha value is -3.10. The SMILES string of the molecule is CN(C(=O)CN1C(=O)CNC1=O)C1CC2CCC(C1)N2C(=O)c1ccc2c(c1)CCO2. The molecule has 4 aliphatic rings. The van der Waals surface area contributed by atoms with Crippen LogP contribution in [0.25, 0.3) is 0 Å². The highest BCUT2D eigenvalue weighted by Crippen LogP contribution is 2.39. The monoisotopic (exact) mass is 426 g/mol. The van der Waals surface area contributed by atoms with Crippen molar-refractivity contribution in [3.8, 4) is 5.75 Å². The number of hydrogen-bond donors (Lipinski definition) is 1. The van der Waals surface area contributed by atoms with E-state index in [-0.39, 0.29) is 48.9 Å². The molecule has 5 amide bonds. The molecule has 1 aromatic rings. The van der Waals surface area contributed by atoms with E-state index in [4.69, 9.17) is 4.74 Å². The fraction of sp³-hybridized carbons (Fsp3) is 0.545. The van der Waals surface area contributed by atoms with Gasteiger partial charge in [-0.1, -0.05) is 0 Å². The van der Waals surface area contributed by atoms with Crippen molar-refractivity contribution in [3.63, 3.8) is 0 Å². The minimum absolute atomic E-state index is 0.0109. The lowest BCUT2D eigenvalue weighted by Gasteiger charge is -2.42. The second-order valence-electron chi connectivity index (χ2n) is 8.79. The van der Waals surface area contributed by atoms with Gasteiger partial charge >= 0.3 is 6.03 Å². The highest BCUT2D eigenvalue weighted by molar-refractivity contribution is 6.04. The van der Waals surface area contributed by atoms with Gasteiger partial charge in [0, 0.05) is 37.2 Å². The van der Waals surface area contributed by atoms with Crippen molar-refractivity contribution < 1.29 is 23.9 Å². The number of urea groups is 1. The molecule has 0 aliphatic carbocycles. The molecule has 1 N–H and O–H groups in total. The molecule has 4 aliphatic heterocycles. The van der Waals surface area contributed by atoms with Gasteiger partial charge < -0.3 is 19.9 Å². The van der Waals surface area contributed by atoms with Gasteiger partial charge in [0.1, 0.15) is 12.3 Å². The summed E-state index contributed by atoms with van der Waals surface area (Å²) in [6.45, 7) is 0.358. The normalized spacial score (nSPS) is 26.5. The van der Waals surface area contributed by atoms with E-state index in [1.54, 1.807) is 11.9 Å². The quantitative estimate of drug-likeness (QED) is 0.717. The predicted octanol–water partition coefficient (Wildman–Crippen LogP) is 0.767. The number of hydrogen-bond acceptors (Lipinski definition) is 5. The average molecular weight is 426 g/mol. The molecule has 5 rings (SSSR count). The lowest BCUT2D eigenvalue weighted by Crippen LogP contribution is -2.54. The molecule has 0 saturated carbocycles. The largest absolute Gasteiger partial charge is 0.493 e. The van der Waals surface area contributed by atoms with Crippen LogP contribution in [-0.2, 0) is 16.0 Å². The first-order valence-corrected chi connectivity index (χ1v) is 10.8. The Morgan fingerprint density at radius 3 is 2.61 bits per heavy atom. The molecule has 2 unspecified atom stereocenters. The van der Waals surface area contributed by atoms with Crippen LogP contribution in [0.5, 0.6) is 5.75 Å². The standard InChI is InChI=1S/C22H26N4O5/c1-24(20(28)12-25-19(27)11-23-22(25)30)17-9-15-3-4-16(10-17)26(15)21(29)14-2-5-18-13(8-14)6-7-31-18/h2,5,8,15-17H,3-4,6-7,9-12H2,1H3,(H,23,30). The van der Waals surface area contributed by atoms with Crippen molar-refractivity contribution in [1.29, 1.82) is 0 Å². The van der Waals surface area contributed by atoms with E-state index < -0.39 is 6.03 Å². The maximum Gasteiger partial charge on any atom is 0.325 e. The molecule has 3 fully saturated rings. The van der Waals surface area contributed by atoms with Crippen molar-refractivity contribution in [1.82, 2.24) is 20.0 Å². The number of ether oxygens (including phenoxy) is 1. The third-order valence-electron chi connectivity index (χ3n) is 7.05. The first-order chi connectivity index (χ1) is 14.9. The molecule has 0 spiro atoms. The van der Waals surface area contributed by atoms with E-state index in [0.29, 0.717) is 25.0 Å². The van der Waals surface area contributed by atoms with E-state index in [9.17, 15) is 19.2 Å². The van der Waals surface area contributed by atoms with Crippen LogP contribution in [0.1, 0.15) is 41.6 Å². The number of likely N-dealkylation sites (N-methyl/N-ethyl adjacent to an activating group) is 1. The van der Waals surface area contributed by atoms with Crippen LogP contribution in [0.2, 0.25) is 0 Å². The number of benzene rings is 1. The zero-order chi connectivity index (χ0) is 21.7. The van der Waals surface area contributed by atoms with Crippen LogP contribution >= 0.6 is 0 Å². The zero-order valence-electron chi connectivity index (χ0n) is 17.5. The highest BCUT2D eigenvalue weighted by Gasteiger charge is 2.45. The van der Waals surface area contributed by atoms with Gasteiger partial charge in [-0.25, -0.2) is 4.79 Å². The van der Waals surface area contributed by atoms with Crippen LogP contribution in [0.3, 0.4) is 0 Å². The predicted molar refractivity (Wildman–Crippen MR) is 110 cm³/mol. The van der Waals surface area contributed by atoms with Crippen molar-refractivity contribution in [3.05, 3.63) is 29.3 Å². The molecule has 9 heteroatoms. The number of fused-ring (bicyclic) bond motifs is 3. The highest BCUT2D eigenvalue weighted by atomic mass is 16.5. The van der Waals surface area contributed by atoms with E-state index >= 15 is 0 Å². The number of amides is 5. The number of nitrogens with one attached hydrogen (secondary N) is 1. The Bertz CT molecular complexity index is 933. The summed E-state index contributed by atoms with van der Waals surface area (Å²) in [5.74, 6) is 0.276. The molecule has 0 aromatic heterocycles. The van der Waals surface area contributed by atoms with Gasteiger partial charge in [0.15, 0.2) is 0 Å². The maximum atomic E-state index is 13.3. The van der Waals surface area contributed by atoms with Crippen LogP contribution in [0.15, 0.2) is 18.2 Å². The number of piperidine rings is 1. The van der Waals surface area contributed by atoms with Gasteiger partial charge in [0.25, 0.3) is 11.8 Å². The molecular formula is C22H26N4O5. The van der Waals surface area contributed by atoms with Gasteiger partial charge in [-0.15, -0.1) is 0 Å². The van der Waals surface area contributed by atoms with E-state index in [1.807, 2.05) is 23.1 Å². The Morgan fingerprint density at radius 1 is 1.19 bits per heavy atom. The molecule has 2 atom stereocenters. The number of carbonyl (C=O) groups is 4. The van der Waals surface area contributed by atoms with Gasteiger partial charge in [-0.05, 0) is 49.4 Å². The Labute approximate surface area is 180 Å². The van der Waals surface area contributed by atoms with Crippen molar-refractivity contribution in [2.45, 2.75) is 50.2 Å². The summed E-state index contributed by atoms with van der Waals surface area (Å²) in [4.78, 5) is 54.1. The minimum atomic E-state index is -0.521. The summed E-state index contributed by atoms with van der Waals surface area (Å²) in [7, 11) is 1.73. The number of rotatable bonds is 4. The molecule has 3 saturated heterocycles. The Kier molecular flexibility index (Phi) is 4.83. The third-order valence-corrected chi connectivity index (χ3v) is 7.05. The lowest BCUT2D eigenvalue weighted by molar-refractivity contribution is -0.137. The van der Waals surface area contributed by atoms with E-state index in [0.717, 1.165) is 35.5 Å². The van der Waals surface area contributed by atoms with Gasteiger partial charge in [-0.3, -0.25) is 19.3 Å². The lowest BCUT2D eigenvalue weighted by atomic mass is 9.94. The van der Waals surface area contributed by atoms with Crippen LogP contribution in [0.4, 0.5) is 4.79 Å². The molecule has 9 nitrogen and oxygen atoms in total. The van der Waals surface area contributed by atoms with E-state index in [2.05, 4.69) is 5.32 Å². The summed E-state index contributed by atoms with van der Waals surface area (Å²) in [5.41, 5.74) is 1.78. The van der Waals surface area contributed by atoms with Crippen LogP contribution in [-0.4, -0.2) is 83.3 Å². The smallest absolute Gasteiger partial charge is 0.325 e. The summed E-state index contributed by atoms with van der Waals surface area (Å²) < 4.78 is 5.55. The van der Waals surface area contributed by atoms with Crippen LogP contribution in [0, 0.1) is 0 Å². The number of carbonyl (C=O) groups excluding carboxylic acids is 4. The van der Waals surface area contributed by atoms with Crippen LogP contribution < -0.4 is 10.1 Å². The van der Waals surface area contributed by atoms with Gasteiger partial charge in [0.2, 0.25) is 5.91 Å². The fourth-order valence-electron chi connectivity index (χ4n) is 5.33. The average Bonchev–Trinajstić information content (AvgIpc) is 3.43. The Balaban J connectivity index is 1.25. The first-order valence-electron chi connectivity index (χ1n) is 10.8. The first kappa shape index (κ1) is 19.8.